The Hall–Kier alpha value is -0.840. The largest absolute Gasteiger partial charge is 0.374 e. The normalized spacial score (nSPS) is 10.2. The lowest BCUT2D eigenvalue weighted by Crippen LogP contribution is -2.20. The van der Waals surface area contributed by atoms with Crippen molar-refractivity contribution in [3.63, 3.8) is 0 Å². The highest BCUT2D eigenvalue weighted by Gasteiger charge is 2.08. The third-order valence-corrected chi connectivity index (χ3v) is 1.41. The van der Waals surface area contributed by atoms with Crippen LogP contribution in [0.3, 0.4) is 0 Å². The molecule has 0 heterocycles. The van der Waals surface area contributed by atoms with Gasteiger partial charge in [0.25, 0.3) is 0 Å². The maximum Gasteiger partial charge on any atom is 0.109 e. The van der Waals surface area contributed by atoms with Gasteiger partial charge in [-0.1, -0.05) is 23.7 Å². The van der Waals surface area contributed by atoms with Crippen molar-refractivity contribution in [3.8, 4) is 0 Å². The van der Waals surface area contributed by atoms with Crippen molar-refractivity contribution < 1.29 is 4.74 Å². The van der Waals surface area contributed by atoms with Gasteiger partial charge >= 0.3 is 0 Å². The smallest absolute Gasteiger partial charge is 0.109 e. The number of rotatable bonds is 8. The molecule has 0 aromatic carbocycles. The lowest BCUT2D eigenvalue weighted by Gasteiger charge is -2.09. The average molecular weight is 174 g/mol. The molecule has 0 spiro atoms. The van der Waals surface area contributed by atoms with E-state index in [1.54, 1.807) is 0 Å². The highest BCUT2D eigenvalue weighted by Crippen LogP contribution is 1.97. The zero-order valence-corrected chi connectivity index (χ0v) is 7.23. The first-order valence-electron chi connectivity index (χ1n) is 4.05. The zero-order valence-electron chi connectivity index (χ0n) is 7.23. The van der Waals surface area contributed by atoms with Crippen LogP contribution in [0.25, 0.3) is 0 Å². The molecule has 0 saturated heterocycles. The van der Waals surface area contributed by atoms with Crippen LogP contribution in [0.5, 0.6) is 0 Å². The average Bonchev–Trinajstić information content (AvgIpc) is 2.06. The Kier molecular flexibility index (Phi) is 7.68. The van der Waals surface area contributed by atoms with Gasteiger partial charge in [0, 0.05) is 6.61 Å². The van der Waals surface area contributed by atoms with Gasteiger partial charge in [0.15, 0.2) is 0 Å². The molecular formula is C7H14N2O3. The molecule has 0 unspecified atom stereocenters. The Bertz CT molecular complexity index is 120. The summed E-state index contributed by atoms with van der Waals surface area (Å²) in [6.07, 6.45) is 1.52. The first-order chi connectivity index (χ1) is 5.85. The van der Waals surface area contributed by atoms with Crippen molar-refractivity contribution in [2.45, 2.75) is 25.9 Å². The molecule has 0 aromatic rings. The topological polar surface area (TPSA) is 68.1 Å². The first-order valence-corrected chi connectivity index (χ1v) is 4.05. The molecule has 0 bridgehead atoms. The fourth-order valence-electron chi connectivity index (χ4n) is 0.724. The monoisotopic (exact) mass is 174 g/mol. The number of nitroso groups, excluding NO2 is 2. The fraction of sp³-hybridized carbons (Fsp3) is 1.00. The van der Waals surface area contributed by atoms with E-state index < -0.39 is 6.10 Å². The van der Waals surface area contributed by atoms with Gasteiger partial charge in [-0.05, 0) is 6.42 Å². The van der Waals surface area contributed by atoms with Gasteiger partial charge < -0.3 is 4.74 Å². The molecule has 0 N–H and O–H groups in total. The number of ether oxygens (including phenoxy) is 1. The second kappa shape index (κ2) is 8.26. The van der Waals surface area contributed by atoms with Crippen LogP contribution in [0.2, 0.25) is 0 Å². The predicted molar refractivity (Wildman–Crippen MR) is 46.0 cm³/mol. The Labute approximate surface area is 71.4 Å². The van der Waals surface area contributed by atoms with E-state index >= 15 is 0 Å². The van der Waals surface area contributed by atoms with E-state index in [-0.39, 0.29) is 13.1 Å². The first kappa shape index (κ1) is 11.2. The van der Waals surface area contributed by atoms with E-state index in [0.29, 0.717) is 6.61 Å². The summed E-state index contributed by atoms with van der Waals surface area (Å²) < 4.78 is 5.18. The standard InChI is InChI=1S/C7H14N2O3/c1-2-3-4-12-7(5-8-10)6-9-11/h7H,2-6H2,1H3. The van der Waals surface area contributed by atoms with Crippen LogP contribution >= 0.6 is 0 Å². The Morgan fingerprint density at radius 1 is 1.25 bits per heavy atom. The van der Waals surface area contributed by atoms with E-state index in [1.807, 2.05) is 6.92 Å². The summed E-state index contributed by atoms with van der Waals surface area (Å²) in [7, 11) is 0. The van der Waals surface area contributed by atoms with E-state index in [0.717, 1.165) is 12.8 Å². The van der Waals surface area contributed by atoms with E-state index in [2.05, 4.69) is 10.4 Å². The van der Waals surface area contributed by atoms with Gasteiger partial charge in [0.1, 0.15) is 19.2 Å². The van der Waals surface area contributed by atoms with Crippen molar-refractivity contribution in [1.29, 1.82) is 0 Å². The number of hydrogen-bond acceptors (Lipinski definition) is 5. The highest BCUT2D eigenvalue weighted by atomic mass is 16.5. The molecule has 0 saturated carbocycles. The molecule has 0 aromatic heterocycles. The second-order valence-electron chi connectivity index (χ2n) is 2.47. The summed E-state index contributed by atoms with van der Waals surface area (Å²) in [6, 6.07) is 0. The van der Waals surface area contributed by atoms with Crippen LogP contribution in [0.4, 0.5) is 0 Å². The summed E-state index contributed by atoms with van der Waals surface area (Å²) in [6.45, 7) is 2.62. The quantitative estimate of drug-likeness (QED) is 0.415. The molecule has 0 aliphatic heterocycles. The van der Waals surface area contributed by atoms with Crippen LogP contribution in [-0.2, 0) is 4.74 Å². The Balaban J connectivity index is 3.47. The van der Waals surface area contributed by atoms with Crippen molar-refractivity contribution in [1.82, 2.24) is 0 Å². The number of nitrogens with zero attached hydrogens (tertiary/aromatic N) is 2. The summed E-state index contributed by atoms with van der Waals surface area (Å²) in [5.41, 5.74) is 0. The van der Waals surface area contributed by atoms with Crippen LogP contribution in [-0.4, -0.2) is 25.8 Å². The number of unbranched alkanes of at least 4 members (excludes halogenated alkanes) is 1. The van der Waals surface area contributed by atoms with Crippen molar-refractivity contribution in [3.05, 3.63) is 9.81 Å². The van der Waals surface area contributed by atoms with Gasteiger partial charge in [-0.25, -0.2) is 0 Å². The molecule has 5 nitrogen and oxygen atoms in total. The predicted octanol–water partition coefficient (Wildman–Crippen LogP) is 1.70. The molecular weight excluding hydrogens is 160 g/mol. The Morgan fingerprint density at radius 3 is 2.25 bits per heavy atom. The van der Waals surface area contributed by atoms with E-state index in [4.69, 9.17) is 4.74 Å². The molecule has 12 heavy (non-hydrogen) atoms. The third-order valence-electron chi connectivity index (χ3n) is 1.41. The molecule has 0 atom stereocenters. The molecule has 0 rings (SSSR count). The number of hydrogen-bond donors (Lipinski definition) is 0. The van der Waals surface area contributed by atoms with Gasteiger partial charge in [-0.3, -0.25) is 0 Å². The van der Waals surface area contributed by atoms with Crippen LogP contribution in [0.1, 0.15) is 19.8 Å². The molecule has 5 heteroatoms. The van der Waals surface area contributed by atoms with Crippen LogP contribution in [0, 0.1) is 9.81 Å². The SMILES string of the molecule is CCCCOC(CN=O)CN=O. The van der Waals surface area contributed by atoms with E-state index in [9.17, 15) is 9.81 Å². The maximum atomic E-state index is 9.85. The van der Waals surface area contributed by atoms with E-state index in [1.165, 1.54) is 0 Å². The van der Waals surface area contributed by atoms with Gasteiger partial charge in [0.2, 0.25) is 0 Å². The lowest BCUT2D eigenvalue weighted by molar-refractivity contribution is 0.0633. The maximum absolute atomic E-state index is 9.85. The lowest BCUT2D eigenvalue weighted by atomic mass is 10.3. The molecule has 0 aliphatic rings. The molecule has 0 amide bonds. The molecule has 0 aliphatic carbocycles. The minimum absolute atomic E-state index is 0.00938. The molecule has 70 valence electrons. The van der Waals surface area contributed by atoms with Gasteiger partial charge in [-0.15, -0.1) is 0 Å². The summed E-state index contributed by atoms with van der Waals surface area (Å²) in [5.74, 6) is 0. The van der Waals surface area contributed by atoms with Crippen LogP contribution in [0.15, 0.2) is 10.4 Å². The second-order valence-corrected chi connectivity index (χ2v) is 2.47. The zero-order chi connectivity index (χ0) is 9.23. The van der Waals surface area contributed by atoms with Crippen molar-refractivity contribution in [2.24, 2.45) is 10.4 Å². The van der Waals surface area contributed by atoms with Crippen molar-refractivity contribution in [2.75, 3.05) is 19.7 Å². The third kappa shape index (κ3) is 5.91. The molecule has 0 radical (unpaired) electrons. The van der Waals surface area contributed by atoms with Gasteiger partial charge in [0.05, 0.1) is 0 Å². The fourth-order valence-corrected chi connectivity index (χ4v) is 0.724. The summed E-state index contributed by atoms with van der Waals surface area (Å²) in [4.78, 5) is 19.7. The van der Waals surface area contributed by atoms with Gasteiger partial charge in [-0.2, -0.15) is 9.81 Å². The van der Waals surface area contributed by atoms with Crippen LogP contribution < -0.4 is 0 Å². The molecule has 0 fully saturated rings. The summed E-state index contributed by atoms with van der Waals surface area (Å²) in [5, 5.41) is 5.32. The minimum Gasteiger partial charge on any atom is -0.374 e. The van der Waals surface area contributed by atoms with Crippen molar-refractivity contribution >= 4 is 0 Å². The minimum atomic E-state index is -0.424. The summed E-state index contributed by atoms with van der Waals surface area (Å²) >= 11 is 0. The Morgan fingerprint density at radius 2 is 1.83 bits per heavy atom. The highest BCUT2D eigenvalue weighted by molar-refractivity contribution is 4.63.